The van der Waals surface area contributed by atoms with Crippen LogP contribution in [-0.2, 0) is 42.2 Å². The summed E-state index contributed by atoms with van der Waals surface area (Å²) >= 11 is 0. The molecule has 2 aliphatic rings. The molecule has 1 heterocycles. The fourth-order valence-corrected chi connectivity index (χ4v) is 4.83. The Kier molecular flexibility index (Phi) is 6.07. The van der Waals surface area contributed by atoms with Gasteiger partial charge in [-0.05, 0) is 29.5 Å². The van der Waals surface area contributed by atoms with Gasteiger partial charge in [-0.2, -0.15) is 0 Å². The molecule has 0 spiro atoms. The highest BCUT2D eigenvalue weighted by molar-refractivity contribution is 5.89. The lowest BCUT2D eigenvalue weighted by molar-refractivity contribution is -0.161. The molecule has 4 rings (SSSR count). The van der Waals surface area contributed by atoms with Gasteiger partial charge in [0.05, 0.1) is 12.5 Å². The van der Waals surface area contributed by atoms with Gasteiger partial charge in [0.15, 0.2) is 6.61 Å². The molecule has 0 saturated heterocycles. The summed E-state index contributed by atoms with van der Waals surface area (Å²) in [4.78, 5) is 40.0. The minimum absolute atomic E-state index is 0.288. The van der Waals surface area contributed by atoms with Crippen LogP contribution in [0.1, 0.15) is 42.4 Å². The molecule has 1 aliphatic heterocycles. The first-order chi connectivity index (χ1) is 15.0. The standard InChI is InChI=1S/C25H27NO5/c1-30-23(28)21-15-18-9-5-6-10-19(18)16-26(21)22(27)17-31-24(29)25(13-7-8-14-25)20-11-3-2-4-12-20/h2-6,9-12,21H,7-8,13-17H2,1H3/t21-/m0/s1. The molecule has 0 radical (unpaired) electrons. The maximum absolute atomic E-state index is 13.1. The highest BCUT2D eigenvalue weighted by atomic mass is 16.5. The lowest BCUT2D eigenvalue weighted by atomic mass is 9.79. The van der Waals surface area contributed by atoms with Crippen molar-refractivity contribution in [1.82, 2.24) is 4.90 Å². The van der Waals surface area contributed by atoms with Crippen molar-refractivity contribution in [3.05, 3.63) is 71.3 Å². The molecule has 0 N–H and O–H groups in total. The quantitative estimate of drug-likeness (QED) is 0.694. The van der Waals surface area contributed by atoms with Crippen LogP contribution in [-0.4, -0.2) is 42.5 Å². The molecule has 162 valence electrons. The van der Waals surface area contributed by atoms with Crippen molar-refractivity contribution in [2.75, 3.05) is 13.7 Å². The number of hydrogen-bond donors (Lipinski definition) is 0. The number of carbonyl (C=O) groups excluding carboxylic acids is 3. The van der Waals surface area contributed by atoms with E-state index >= 15 is 0 Å². The molecule has 6 nitrogen and oxygen atoms in total. The van der Waals surface area contributed by atoms with Crippen molar-refractivity contribution in [2.24, 2.45) is 0 Å². The van der Waals surface area contributed by atoms with Gasteiger partial charge in [0.25, 0.3) is 5.91 Å². The number of fused-ring (bicyclic) bond motifs is 1. The van der Waals surface area contributed by atoms with Crippen LogP contribution in [0.3, 0.4) is 0 Å². The van der Waals surface area contributed by atoms with Crippen molar-refractivity contribution in [2.45, 2.75) is 50.1 Å². The van der Waals surface area contributed by atoms with Crippen LogP contribution in [0.15, 0.2) is 54.6 Å². The smallest absolute Gasteiger partial charge is 0.328 e. The first-order valence-corrected chi connectivity index (χ1v) is 10.7. The van der Waals surface area contributed by atoms with E-state index in [9.17, 15) is 14.4 Å². The zero-order chi connectivity index (χ0) is 21.8. The lowest BCUT2D eigenvalue weighted by Gasteiger charge is -2.35. The molecule has 31 heavy (non-hydrogen) atoms. The molecule has 1 atom stereocenters. The fourth-order valence-electron chi connectivity index (χ4n) is 4.83. The van der Waals surface area contributed by atoms with Gasteiger partial charge >= 0.3 is 11.9 Å². The summed E-state index contributed by atoms with van der Waals surface area (Å²) in [7, 11) is 1.31. The number of benzene rings is 2. The molecule has 0 aromatic heterocycles. The van der Waals surface area contributed by atoms with E-state index in [4.69, 9.17) is 9.47 Å². The fraction of sp³-hybridized carbons (Fsp3) is 0.400. The summed E-state index contributed by atoms with van der Waals surface area (Å²) in [5, 5.41) is 0. The summed E-state index contributed by atoms with van der Waals surface area (Å²) in [6, 6.07) is 16.6. The Morgan fingerprint density at radius 3 is 2.29 bits per heavy atom. The van der Waals surface area contributed by atoms with Crippen LogP contribution in [0.2, 0.25) is 0 Å². The highest BCUT2D eigenvalue weighted by Crippen LogP contribution is 2.42. The number of nitrogens with zero attached hydrogens (tertiary/aromatic N) is 1. The minimum atomic E-state index is -0.722. The Labute approximate surface area is 182 Å². The summed E-state index contributed by atoms with van der Waals surface area (Å²) in [6.45, 7) is -0.0980. The minimum Gasteiger partial charge on any atom is -0.467 e. The molecule has 0 unspecified atom stereocenters. The molecule has 0 bridgehead atoms. The number of esters is 2. The third-order valence-corrected chi connectivity index (χ3v) is 6.54. The molecule has 1 fully saturated rings. The molecule has 1 aliphatic carbocycles. The van der Waals surface area contributed by atoms with E-state index < -0.39 is 17.4 Å². The number of carbonyl (C=O) groups is 3. The van der Waals surface area contributed by atoms with Crippen molar-refractivity contribution in [3.8, 4) is 0 Å². The van der Waals surface area contributed by atoms with Gasteiger partial charge in [-0.25, -0.2) is 4.79 Å². The Morgan fingerprint density at radius 1 is 0.968 bits per heavy atom. The SMILES string of the molecule is COC(=O)[C@@H]1Cc2ccccc2CN1C(=O)COC(=O)C1(c2ccccc2)CCCC1. The zero-order valence-electron chi connectivity index (χ0n) is 17.7. The molecule has 2 aromatic carbocycles. The van der Waals surface area contributed by atoms with Crippen LogP contribution in [0.4, 0.5) is 0 Å². The summed E-state index contributed by atoms with van der Waals surface area (Å²) in [6.07, 6.45) is 3.71. The maximum Gasteiger partial charge on any atom is 0.328 e. The van der Waals surface area contributed by atoms with E-state index in [1.807, 2.05) is 54.6 Å². The van der Waals surface area contributed by atoms with Gasteiger partial charge in [0.1, 0.15) is 6.04 Å². The van der Waals surface area contributed by atoms with Crippen molar-refractivity contribution in [3.63, 3.8) is 0 Å². The van der Waals surface area contributed by atoms with E-state index in [2.05, 4.69) is 0 Å². The van der Waals surface area contributed by atoms with Crippen molar-refractivity contribution in [1.29, 1.82) is 0 Å². The molecule has 1 saturated carbocycles. The molecular weight excluding hydrogens is 394 g/mol. The van der Waals surface area contributed by atoms with E-state index in [0.717, 1.165) is 29.5 Å². The highest BCUT2D eigenvalue weighted by Gasteiger charge is 2.44. The molecular formula is C25H27NO5. The topological polar surface area (TPSA) is 72.9 Å². The monoisotopic (exact) mass is 421 g/mol. The first kappa shape index (κ1) is 21.1. The van der Waals surface area contributed by atoms with E-state index in [0.29, 0.717) is 19.3 Å². The Balaban J connectivity index is 1.49. The Hall–Kier alpha value is -3.15. The van der Waals surface area contributed by atoms with E-state index in [-0.39, 0.29) is 25.0 Å². The van der Waals surface area contributed by atoms with E-state index in [1.54, 1.807) is 0 Å². The number of methoxy groups -OCH3 is 1. The van der Waals surface area contributed by atoms with E-state index in [1.165, 1.54) is 12.0 Å². The normalized spacial score (nSPS) is 19.4. The zero-order valence-corrected chi connectivity index (χ0v) is 17.7. The van der Waals surface area contributed by atoms with Crippen LogP contribution in [0, 0.1) is 0 Å². The van der Waals surface area contributed by atoms with Gasteiger partial charge in [-0.15, -0.1) is 0 Å². The van der Waals surface area contributed by atoms with Gasteiger partial charge in [-0.3, -0.25) is 9.59 Å². The number of amides is 1. The molecule has 6 heteroatoms. The molecule has 2 aromatic rings. The van der Waals surface area contributed by atoms with Crippen LogP contribution in [0.5, 0.6) is 0 Å². The summed E-state index contributed by atoms with van der Waals surface area (Å²) in [5.41, 5.74) is 2.24. The van der Waals surface area contributed by atoms with Gasteiger partial charge in [0, 0.05) is 13.0 Å². The predicted octanol–water partition coefficient (Wildman–Crippen LogP) is 3.17. The number of ether oxygens (including phenoxy) is 2. The average molecular weight is 421 g/mol. The Bertz CT molecular complexity index is 965. The largest absolute Gasteiger partial charge is 0.467 e. The third kappa shape index (κ3) is 4.07. The summed E-state index contributed by atoms with van der Waals surface area (Å²) in [5.74, 6) is -1.22. The lowest BCUT2D eigenvalue weighted by Crippen LogP contribution is -2.50. The van der Waals surface area contributed by atoms with Gasteiger partial charge in [-0.1, -0.05) is 67.4 Å². The number of hydrogen-bond acceptors (Lipinski definition) is 5. The Morgan fingerprint density at radius 2 is 1.61 bits per heavy atom. The average Bonchev–Trinajstić information content (AvgIpc) is 3.33. The predicted molar refractivity (Wildman–Crippen MR) is 114 cm³/mol. The second-order valence-electron chi connectivity index (χ2n) is 8.26. The van der Waals surface area contributed by atoms with Gasteiger partial charge < -0.3 is 14.4 Å². The molecule has 1 amide bonds. The van der Waals surface area contributed by atoms with Crippen molar-refractivity contribution < 1.29 is 23.9 Å². The third-order valence-electron chi connectivity index (χ3n) is 6.54. The summed E-state index contributed by atoms with van der Waals surface area (Å²) < 4.78 is 10.5. The van der Waals surface area contributed by atoms with Gasteiger partial charge in [0.2, 0.25) is 0 Å². The second kappa shape index (κ2) is 8.92. The van der Waals surface area contributed by atoms with Crippen LogP contribution < -0.4 is 0 Å². The first-order valence-electron chi connectivity index (χ1n) is 10.7. The van der Waals surface area contributed by atoms with Crippen LogP contribution >= 0.6 is 0 Å². The second-order valence-corrected chi connectivity index (χ2v) is 8.26. The van der Waals surface area contributed by atoms with Crippen LogP contribution in [0.25, 0.3) is 0 Å². The maximum atomic E-state index is 13.1. The number of rotatable bonds is 5. The van der Waals surface area contributed by atoms with Crippen molar-refractivity contribution >= 4 is 17.8 Å².